The molecule has 0 bridgehead atoms. The van der Waals surface area contributed by atoms with Gasteiger partial charge < -0.3 is 19.9 Å². The molecule has 1 amide bonds. The fourth-order valence-corrected chi connectivity index (χ4v) is 2.90. The Labute approximate surface area is 153 Å². The van der Waals surface area contributed by atoms with E-state index in [1.807, 2.05) is 42.0 Å². The van der Waals surface area contributed by atoms with E-state index in [0.717, 1.165) is 29.7 Å². The Balaban J connectivity index is 0.00000225. The topological polar surface area (TPSA) is 72.4 Å². The normalized spacial score (nSPS) is 15.1. The third kappa shape index (κ3) is 4.32. The van der Waals surface area contributed by atoms with Gasteiger partial charge in [-0.25, -0.2) is 0 Å². The molecule has 2 heterocycles. The van der Waals surface area contributed by atoms with Crippen LogP contribution in [0, 0.1) is 11.8 Å². The zero-order chi connectivity index (χ0) is 17.1. The van der Waals surface area contributed by atoms with Crippen molar-refractivity contribution in [2.45, 2.75) is 20.4 Å². The number of fused-ring (bicyclic) bond motifs is 1. The molecule has 1 fully saturated rings. The van der Waals surface area contributed by atoms with Crippen LogP contribution in [0.25, 0.3) is 10.9 Å². The number of carbonyl (C=O) groups excluding carboxylic acids is 2. The second-order valence-corrected chi connectivity index (χ2v) is 6.22. The van der Waals surface area contributed by atoms with E-state index in [-0.39, 0.29) is 36.7 Å². The highest BCUT2D eigenvalue weighted by Crippen LogP contribution is 2.23. The molecular weight excluding hydrogens is 342 g/mol. The van der Waals surface area contributed by atoms with Gasteiger partial charge in [0.05, 0.1) is 6.61 Å². The highest BCUT2D eigenvalue weighted by atomic mass is 35.5. The van der Waals surface area contributed by atoms with Crippen LogP contribution in [0.1, 0.15) is 13.8 Å². The molecular formula is C18H24ClN3O3. The lowest BCUT2D eigenvalue weighted by Gasteiger charge is -2.31. The first kappa shape index (κ1) is 19.3. The van der Waals surface area contributed by atoms with Gasteiger partial charge in [0.1, 0.15) is 6.54 Å². The molecule has 1 aromatic heterocycles. The first-order chi connectivity index (χ1) is 11.6. The van der Waals surface area contributed by atoms with Crippen LogP contribution in [0.5, 0.6) is 0 Å². The Hall–Kier alpha value is -2.05. The van der Waals surface area contributed by atoms with Crippen molar-refractivity contribution < 1.29 is 14.3 Å². The molecule has 0 radical (unpaired) electrons. The molecule has 1 aliphatic rings. The van der Waals surface area contributed by atoms with E-state index in [9.17, 15) is 9.59 Å². The third-order valence-corrected chi connectivity index (χ3v) is 4.58. The minimum absolute atomic E-state index is 0. The average molecular weight is 366 g/mol. The summed E-state index contributed by atoms with van der Waals surface area (Å²) in [7, 11) is 0. The lowest BCUT2D eigenvalue weighted by Crippen LogP contribution is -2.48. The van der Waals surface area contributed by atoms with E-state index in [1.54, 1.807) is 6.92 Å². The third-order valence-electron chi connectivity index (χ3n) is 4.58. The second kappa shape index (κ2) is 8.36. The summed E-state index contributed by atoms with van der Waals surface area (Å²) in [5, 5.41) is 7.16. The molecule has 0 saturated carbocycles. The zero-order valence-corrected chi connectivity index (χ0v) is 15.3. The highest BCUT2D eigenvalue weighted by Gasteiger charge is 2.28. The predicted molar refractivity (Wildman–Crippen MR) is 100.0 cm³/mol. The van der Waals surface area contributed by atoms with E-state index in [4.69, 9.17) is 4.74 Å². The number of rotatable bonds is 6. The van der Waals surface area contributed by atoms with Crippen molar-refractivity contribution in [3.05, 3.63) is 30.5 Å². The Morgan fingerprint density at radius 3 is 2.76 bits per heavy atom. The Bertz CT molecular complexity index is 755. The van der Waals surface area contributed by atoms with Crippen LogP contribution in [-0.2, 0) is 20.9 Å². The number of carbonyl (C=O) groups is 2. The zero-order valence-electron chi connectivity index (χ0n) is 14.5. The molecule has 136 valence electrons. The molecule has 1 saturated heterocycles. The Morgan fingerprint density at radius 1 is 1.36 bits per heavy atom. The van der Waals surface area contributed by atoms with Gasteiger partial charge in [0.25, 0.3) is 0 Å². The summed E-state index contributed by atoms with van der Waals surface area (Å²) in [5.41, 5.74) is 1.72. The van der Waals surface area contributed by atoms with Gasteiger partial charge in [-0.05, 0) is 50.2 Å². The number of nitrogens with one attached hydrogen (secondary N) is 2. The summed E-state index contributed by atoms with van der Waals surface area (Å²) in [5.74, 6) is 0.205. The quantitative estimate of drug-likeness (QED) is 0.771. The standard InChI is InChI=1S/C18H23N3O3.ClH/c1-3-24-17(22)11-21-7-6-13-8-15(4-5-16(13)21)20-18(23)12(2)14-9-19-10-14;/h4-8,12,14,19H,3,9-11H2,1-2H3,(H,20,23);1H. The maximum Gasteiger partial charge on any atom is 0.325 e. The predicted octanol–water partition coefficient (Wildman–Crippen LogP) is 2.42. The minimum atomic E-state index is -0.254. The van der Waals surface area contributed by atoms with E-state index >= 15 is 0 Å². The number of aromatic nitrogens is 1. The number of ether oxygens (including phenoxy) is 1. The van der Waals surface area contributed by atoms with Crippen molar-refractivity contribution in [2.75, 3.05) is 25.0 Å². The molecule has 2 aromatic rings. The minimum Gasteiger partial charge on any atom is -0.465 e. The number of hydrogen-bond acceptors (Lipinski definition) is 4. The molecule has 1 atom stereocenters. The molecule has 1 unspecified atom stereocenters. The number of benzene rings is 1. The van der Waals surface area contributed by atoms with Crippen LogP contribution >= 0.6 is 12.4 Å². The molecule has 0 spiro atoms. The lowest BCUT2D eigenvalue weighted by atomic mass is 9.88. The fourth-order valence-electron chi connectivity index (χ4n) is 2.90. The smallest absolute Gasteiger partial charge is 0.325 e. The fraction of sp³-hybridized carbons (Fsp3) is 0.444. The maximum absolute atomic E-state index is 12.3. The van der Waals surface area contributed by atoms with E-state index in [1.165, 1.54) is 0 Å². The Morgan fingerprint density at radius 2 is 2.12 bits per heavy atom. The van der Waals surface area contributed by atoms with E-state index < -0.39 is 0 Å². The lowest BCUT2D eigenvalue weighted by molar-refractivity contribution is -0.143. The number of anilines is 1. The molecule has 2 N–H and O–H groups in total. The molecule has 25 heavy (non-hydrogen) atoms. The summed E-state index contributed by atoms with van der Waals surface area (Å²) in [4.78, 5) is 23.9. The molecule has 3 rings (SSSR count). The van der Waals surface area contributed by atoms with Crippen molar-refractivity contribution >= 4 is 40.9 Å². The van der Waals surface area contributed by atoms with Crippen molar-refractivity contribution in [1.82, 2.24) is 9.88 Å². The highest BCUT2D eigenvalue weighted by molar-refractivity contribution is 5.95. The van der Waals surface area contributed by atoms with Crippen LogP contribution in [0.15, 0.2) is 30.5 Å². The SMILES string of the molecule is CCOC(=O)Cn1ccc2cc(NC(=O)C(C)C3CNC3)ccc21.Cl. The van der Waals surface area contributed by atoms with Crippen LogP contribution in [0.2, 0.25) is 0 Å². The van der Waals surface area contributed by atoms with Crippen LogP contribution < -0.4 is 10.6 Å². The monoisotopic (exact) mass is 365 g/mol. The summed E-state index contributed by atoms with van der Waals surface area (Å²) in [6, 6.07) is 7.65. The van der Waals surface area contributed by atoms with Crippen molar-refractivity contribution in [3.8, 4) is 0 Å². The van der Waals surface area contributed by atoms with Crippen molar-refractivity contribution in [3.63, 3.8) is 0 Å². The van der Waals surface area contributed by atoms with E-state index in [0.29, 0.717) is 12.5 Å². The van der Waals surface area contributed by atoms with Crippen LogP contribution in [0.3, 0.4) is 0 Å². The maximum atomic E-state index is 12.3. The van der Waals surface area contributed by atoms with Gasteiger partial charge in [0.2, 0.25) is 5.91 Å². The van der Waals surface area contributed by atoms with E-state index in [2.05, 4.69) is 10.6 Å². The summed E-state index contributed by atoms with van der Waals surface area (Å²) in [6.07, 6.45) is 1.86. The molecule has 0 aliphatic carbocycles. The van der Waals surface area contributed by atoms with Crippen molar-refractivity contribution in [1.29, 1.82) is 0 Å². The van der Waals surface area contributed by atoms with Crippen molar-refractivity contribution in [2.24, 2.45) is 11.8 Å². The first-order valence-electron chi connectivity index (χ1n) is 8.34. The number of hydrogen-bond donors (Lipinski definition) is 2. The van der Waals surface area contributed by atoms with Gasteiger partial charge in [-0.15, -0.1) is 12.4 Å². The number of amides is 1. The van der Waals surface area contributed by atoms with Crippen LogP contribution in [-0.4, -0.2) is 36.1 Å². The number of esters is 1. The van der Waals surface area contributed by atoms with Gasteiger partial charge in [0, 0.05) is 28.7 Å². The summed E-state index contributed by atoms with van der Waals surface area (Å²) in [6.45, 7) is 6.14. The van der Waals surface area contributed by atoms with Gasteiger partial charge in [-0.2, -0.15) is 0 Å². The van der Waals surface area contributed by atoms with Gasteiger partial charge in [-0.1, -0.05) is 6.92 Å². The van der Waals surface area contributed by atoms with Gasteiger partial charge in [0.15, 0.2) is 0 Å². The molecule has 1 aromatic carbocycles. The van der Waals surface area contributed by atoms with Crippen LogP contribution in [0.4, 0.5) is 5.69 Å². The summed E-state index contributed by atoms with van der Waals surface area (Å²) >= 11 is 0. The molecule has 1 aliphatic heterocycles. The second-order valence-electron chi connectivity index (χ2n) is 6.22. The first-order valence-corrected chi connectivity index (χ1v) is 8.34. The Kier molecular flexibility index (Phi) is 6.45. The number of halogens is 1. The number of nitrogens with zero attached hydrogens (tertiary/aromatic N) is 1. The van der Waals surface area contributed by atoms with Gasteiger partial charge >= 0.3 is 5.97 Å². The summed E-state index contributed by atoms with van der Waals surface area (Å²) < 4.78 is 6.83. The average Bonchev–Trinajstić information content (AvgIpc) is 2.88. The molecule has 7 heteroatoms. The largest absolute Gasteiger partial charge is 0.465 e. The van der Waals surface area contributed by atoms with Gasteiger partial charge in [-0.3, -0.25) is 9.59 Å². The molecule has 6 nitrogen and oxygen atoms in total.